The first-order valence-electron chi connectivity index (χ1n) is 10.6. The minimum Gasteiger partial charge on any atom is -0.466 e. The number of carbonyl (C=O) groups excluding carboxylic acids is 1. The van der Waals surface area contributed by atoms with Gasteiger partial charge < -0.3 is 14.4 Å². The maximum Gasteiger partial charge on any atom is 0.305 e. The van der Waals surface area contributed by atoms with Gasteiger partial charge in [-0.25, -0.2) is 0 Å². The molecule has 156 valence electrons. The molecular weight excluding hydrogens is 380 g/mol. The van der Waals surface area contributed by atoms with E-state index in [1.807, 2.05) is 6.92 Å². The molecule has 1 aliphatic rings. The van der Waals surface area contributed by atoms with Gasteiger partial charge in [-0.05, 0) is 68.4 Å². The molecular formula is C24H32N2O2S. The number of unbranched alkanes of at least 4 members (excludes halogenated alkanes) is 3. The zero-order chi connectivity index (χ0) is 20.6. The Morgan fingerprint density at radius 3 is 2.72 bits per heavy atom. The van der Waals surface area contributed by atoms with Gasteiger partial charge in [0.25, 0.3) is 0 Å². The maximum absolute atomic E-state index is 11.4. The summed E-state index contributed by atoms with van der Waals surface area (Å²) in [5, 5.41) is 3.81. The Morgan fingerprint density at radius 1 is 1.10 bits per heavy atom. The topological polar surface area (TPSA) is 41.6 Å². The summed E-state index contributed by atoms with van der Waals surface area (Å²) in [6, 6.07) is 15.6. The first kappa shape index (κ1) is 21.7. The number of nitrogens with one attached hydrogen (secondary N) is 1. The van der Waals surface area contributed by atoms with Crippen LogP contribution in [0.5, 0.6) is 0 Å². The molecule has 3 rings (SSSR count). The lowest BCUT2D eigenvalue weighted by Gasteiger charge is -2.22. The minimum atomic E-state index is -0.0747. The van der Waals surface area contributed by atoms with Crippen LogP contribution in [0.15, 0.2) is 47.4 Å². The van der Waals surface area contributed by atoms with E-state index in [0.29, 0.717) is 13.0 Å². The number of ether oxygens (including phenoxy) is 1. The molecule has 0 aliphatic carbocycles. The van der Waals surface area contributed by atoms with Gasteiger partial charge >= 0.3 is 5.97 Å². The molecule has 1 heterocycles. The number of anilines is 1. The summed E-state index contributed by atoms with van der Waals surface area (Å²) in [5.74, 6) is -0.0747. The van der Waals surface area contributed by atoms with Crippen LogP contribution in [0.2, 0.25) is 0 Å². The number of para-hydroxylation sites is 1. The molecule has 1 aliphatic heterocycles. The standard InChI is InChI=1S/C24H32N2O2S/c1-4-28-23(27)13-7-5-6-10-16-25-24-19-11-8-9-12-21(19)26(3)29-22-15-14-18(2)17-20(22)24/h8-9,11-12,14-15,17,24-25H,4-7,10,13,16H2,1-3H3. The lowest BCUT2D eigenvalue weighted by Crippen LogP contribution is -2.24. The van der Waals surface area contributed by atoms with Gasteiger partial charge in [-0.1, -0.05) is 48.7 Å². The highest BCUT2D eigenvalue weighted by atomic mass is 32.2. The van der Waals surface area contributed by atoms with E-state index in [1.165, 1.54) is 27.3 Å². The number of fused-ring (bicyclic) bond motifs is 2. The van der Waals surface area contributed by atoms with Crippen molar-refractivity contribution in [3.05, 3.63) is 59.2 Å². The van der Waals surface area contributed by atoms with Crippen LogP contribution in [0.3, 0.4) is 0 Å². The van der Waals surface area contributed by atoms with Crippen LogP contribution in [0.4, 0.5) is 5.69 Å². The fourth-order valence-electron chi connectivity index (χ4n) is 3.81. The van der Waals surface area contributed by atoms with Crippen LogP contribution in [-0.4, -0.2) is 26.2 Å². The Labute approximate surface area is 179 Å². The molecule has 1 N–H and O–H groups in total. The van der Waals surface area contributed by atoms with Gasteiger partial charge in [-0.3, -0.25) is 4.79 Å². The van der Waals surface area contributed by atoms with Crippen LogP contribution in [0.1, 0.15) is 61.8 Å². The first-order valence-corrected chi connectivity index (χ1v) is 11.4. The van der Waals surface area contributed by atoms with E-state index in [0.717, 1.165) is 32.2 Å². The number of nitrogens with zero attached hydrogens (tertiary/aromatic N) is 1. The molecule has 1 unspecified atom stereocenters. The van der Waals surface area contributed by atoms with Crippen LogP contribution in [0.25, 0.3) is 0 Å². The van der Waals surface area contributed by atoms with Crippen molar-refractivity contribution in [2.45, 2.75) is 56.9 Å². The van der Waals surface area contributed by atoms with E-state index >= 15 is 0 Å². The number of carbonyl (C=O) groups is 1. The van der Waals surface area contributed by atoms with Crippen molar-refractivity contribution in [1.29, 1.82) is 0 Å². The van der Waals surface area contributed by atoms with Gasteiger partial charge in [-0.2, -0.15) is 0 Å². The summed E-state index contributed by atoms with van der Waals surface area (Å²) in [4.78, 5) is 12.7. The molecule has 2 aromatic carbocycles. The zero-order valence-corrected chi connectivity index (χ0v) is 18.6. The summed E-state index contributed by atoms with van der Waals surface area (Å²) < 4.78 is 7.25. The second-order valence-corrected chi connectivity index (χ2v) is 8.72. The smallest absolute Gasteiger partial charge is 0.305 e. The lowest BCUT2D eigenvalue weighted by molar-refractivity contribution is -0.143. The maximum atomic E-state index is 11.4. The molecule has 5 heteroatoms. The van der Waals surface area contributed by atoms with E-state index in [2.05, 4.69) is 66.1 Å². The third-order valence-electron chi connectivity index (χ3n) is 5.26. The number of hydrogen-bond acceptors (Lipinski definition) is 5. The molecule has 2 aromatic rings. The Balaban J connectivity index is 1.62. The van der Waals surface area contributed by atoms with Crippen molar-refractivity contribution >= 4 is 23.6 Å². The molecule has 0 aromatic heterocycles. The summed E-state index contributed by atoms with van der Waals surface area (Å²) in [7, 11) is 2.14. The number of aryl methyl sites for hydroxylation is 1. The van der Waals surface area contributed by atoms with Gasteiger partial charge in [0.05, 0.1) is 18.3 Å². The first-order chi connectivity index (χ1) is 14.1. The number of benzene rings is 2. The van der Waals surface area contributed by atoms with Gasteiger partial charge in [0, 0.05) is 18.4 Å². The average molecular weight is 413 g/mol. The van der Waals surface area contributed by atoms with Crippen LogP contribution < -0.4 is 9.62 Å². The molecule has 0 saturated carbocycles. The summed E-state index contributed by atoms with van der Waals surface area (Å²) >= 11 is 1.79. The molecule has 29 heavy (non-hydrogen) atoms. The van der Waals surface area contributed by atoms with Crippen molar-refractivity contribution in [2.75, 3.05) is 24.5 Å². The Bertz CT molecular complexity index is 824. The largest absolute Gasteiger partial charge is 0.466 e. The SMILES string of the molecule is CCOC(=O)CCCCCCNC1c2cc(C)ccc2SN(C)c2ccccc21. The van der Waals surface area contributed by atoms with Gasteiger partial charge in [-0.15, -0.1) is 0 Å². The van der Waals surface area contributed by atoms with E-state index < -0.39 is 0 Å². The molecule has 0 fully saturated rings. The normalized spacial score (nSPS) is 15.4. The van der Waals surface area contributed by atoms with Crippen molar-refractivity contribution in [2.24, 2.45) is 0 Å². The molecule has 4 nitrogen and oxygen atoms in total. The van der Waals surface area contributed by atoms with E-state index in [-0.39, 0.29) is 12.0 Å². The highest BCUT2D eigenvalue weighted by Gasteiger charge is 2.26. The number of esters is 1. The minimum absolute atomic E-state index is 0.0747. The summed E-state index contributed by atoms with van der Waals surface area (Å²) in [5.41, 5.74) is 5.23. The fourth-order valence-corrected chi connectivity index (χ4v) is 4.78. The van der Waals surface area contributed by atoms with Crippen LogP contribution in [0, 0.1) is 6.92 Å². The number of rotatable bonds is 9. The second-order valence-electron chi connectivity index (χ2n) is 7.55. The van der Waals surface area contributed by atoms with Crippen LogP contribution in [-0.2, 0) is 9.53 Å². The third-order valence-corrected chi connectivity index (χ3v) is 6.30. The van der Waals surface area contributed by atoms with Crippen molar-refractivity contribution in [3.8, 4) is 0 Å². The van der Waals surface area contributed by atoms with E-state index in [1.54, 1.807) is 11.9 Å². The molecule has 1 atom stereocenters. The molecule has 0 bridgehead atoms. The van der Waals surface area contributed by atoms with Gasteiger partial charge in [0.2, 0.25) is 0 Å². The van der Waals surface area contributed by atoms with Crippen molar-refractivity contribution < 1.29 is 9.53 Å². The molecule has 0 spiro atoms. The zero-order valence-electron chi connectivity index (χ0n) is 17.7. The fraction of sp³-hybridized carbons (Fsp3) is 0.458. The van der Waals surface area contributed by atoms with Gasteiger partial charge in [0.15, 0.2) is 0 Å². The highest BCUT2D eigenvalue weighted by molar-refractivity contribution is 8.00. The van der Waals surface area contributed by atoms with Crippen molar-refractivity contribution in [3.63, 3.8) is 0 Å². The number of hydrogen-bond donors (Lipinski definition) is 1. The summed E-state index contributed by atoms with van der Waals surface area (Å²) in [6.45, 7) is 5.44. The Kier molecular flexibility index (Phi) is 8.01. The molecule has 0 amide bonds. The van der Waals surface area contributed by atoms with Crippen LogP contribution >= 0.6 is 11.9 Å². The van der Waals surface area contributed by atoms with Gasteiger partial charge in [0.1, 0.15) is 0 Å². The predicted molar refractivity (Wildman–Crippen MR) is 121 cm³/mol. The monoisotopic (exact) mass is 412 g/mol. The van der Waals surface area contributed by atoms with E-state index in [4.69, 9.17) is 4.74 Å². The quantitative estimate of drug-likeness (QED) is 0.328. The van der Waals surface area contributed by atoms with Crippen molar-refractivity contribution in [1.82, 2.24) is 5.32 Å². The highest BCUT2D eigenvalue weighted by Crippen LogP contribution is 2.43. The van der Waals surface area contributed by atoms with E-state index in [9.17, 15) is 4.79 Å². The summed E-state index contributed by atoms with van der Waals surface area (Å²) in [6.07, 6.45) is 4.74. The molecule has 0 radical (unpaired) electrons. The predicted octanol–water partition coefficient (Wildman–Crippen LogP) is 5.64. The second kappa shape index (κ2) is 10.7. The third kappa shape index (κ3) is 5.77. The average Bonchev–Trinajstić information content (AvgIpc) is 2.82. The lowest BCUT2D eigenvalue weighted by atomic mass is 9.95. The molecule has 0 saturated heterocycles. The Morgan fingerprint density at radius 2 is 1.90 bits per heavy atom. The Hall–Kier alpha value is -1.98.